The highest BCUT2D eigenvalue weighted by molar-refractivity contribution is 4.91. The van der Waals surface area contributed by atoms with Crippen LogP contribution in [0.5, 0.6) is 0 Å². The van der Waals surface area contributed by atoms with E-state index in [1.165, 1.54) is 0 Å². The van der Waals surface area contributed by atoms with E-state index in [2.05, 4.69) is 20.4 Å². The molecule has 0 bridgehead atoms. The van der Waals surface area contributed by atoms with E-state index in [1.807, 2.05) is 14.1 Å². The molecule has 0 saturated carbocycles. The van der Waals surface area contributed by atoms with E-state index in [4.69, 9.17) is 9.26 Å². The van der Waals surface area contributed by atoms with Crippen LogP contribution in [0.1, 0.15) is 11.7 Å². The minimum absolute atomic E-state index is 0.297. The Balaban J connectivity index is 1.80. The van der Waals surface area contributed by atoms with Gasteiger partial charge in [0.1, 0.15) is 0 Å². The van der Waals surface area contributed by atoms with Crippen molar-refractivity contribution in [2.24, 2.45) is 0 Å². The van der Waals surface area contributed by atoms with Crippen molar-refractivity contribution in [1.29, 1.82) is 0 Å². The van der Waals surface area contributed by atoms with E-state index in [0.29, 0.717) is 11.9 Å². The van der Waals surface area contributed by atoms with Crippen LogP contribution in [0.15, 0.2) is 4.52 Å². The number of rotatable bonds is 5. The minimum atomic E-state index is 0.297. The van der Waals surface area contributed by atoms with E-state index in [-0.39, 0.29) is 0 Å². The second kappa shape index (κ2) is 6.09. The molecule has 1 atom stereocenters. The molecule has 1 N–H and O–H groups in total. The summed E-state index contributed by atoms with van der Waals surface area (Å²) in [5.74, 6) is 1.48. The van der Waals surface area contributed by atoms with Gasteiger partial charge in [0.15, 0.2) is 5.82 Å². The maximum Gasteiger partial charge on any atom is 0.228 e. The normalized spacial score (nSPS) is 21.0. The standard InChI is InChI=1S/C11H20N4O2/c1-15(2)5-3-10-13-11(17-14-10)7-9-8-16-6-4-12-9/h9,12H,3-8H2,1-2H3. The van der Waals surface area contributed by atoms with Gasteiger partial charge in [-0.3, -0.25) is 0 Å². The number of morpholine rings is 1. The molecular weight excluding hydrogens is 220 g/mol. The summed E-state index contributed by atoms with van der Waals surface area (Å²) in [6.07, 6.45) is 1.57. The smallest absolute Gasteiger partial charge is 0.228 e. The second-order valence-corrected chi connectivity index (χ2v) is 4.59. The monoisotopic (exact) mass is 240 g/mol. The molecule has 2 rings (SSSR count). The highest BCUT2D eigenvalue weighted by atomic mass is 16.5. The van der Waals surface area contributed by atoms with E-state index in [1.54, 1.807) is 0 Å². The van der Waals surface area contributed by atoms with Crippen LogP contribution in [0.4, 0.5) is 0 Å². The molecule has 1 saturated heterocycles. The largest absolute Gasteiger partial charge is 0.378 e. The van der Waals surface area contributed by atoms with Gasteiger partial charge in [-0.1, -0.05) is 5.16 Å². The third-order valence-corrected chi connectivity index (χ3v) is 2.71. The Morgan fingerprint density at radius 2 is 2.35 bits per heavy atom. The van der Waals surface area contributed by atoms with Crippen molar-refractivity contribution in [2.75, 3.05) is 40.4 Å². The van der Waals surface area contributed by atoms with Gasteiger partial charge in [-0.05, 0) is 14.1 Å². The summed E-state index contributed by atoms with van der Waals surface area (Å²) in [5.41, 5.74) is 0. The third-order valence-electron chi connectivity index (χ3n) is 2.71. The van der Waals surface area contributed by atoms with Crippen molar-refractivity contribution < 1.29 is 9.26 Å². The van der Waals surface area contributed by atoms with Gasteiger partial charge in [0.2, 0.25) is 5.89 Å². The molecule has 1 fully saturated rings. The predicted octanol–water partition coefficient (Wildman–Crippen LogP) is -0.295. The highest BCUT2D eigenvalue weighted by Crippen LogP contribution is 2.04. The molecule has 0 radical (unpaired) electrons. The molecule has 1 aliphatic heterocycles. The van der Waals surface area contributed by atoms with Gasteiger partial charge in [0.05, 0.1) is 13.2 Å². The topological polar surface area (TPSA) is 63.4 Å². The molecule has 2 heterocycles. The number of hydrogen-bond donors (Lipinski definition) is 1. The van der Waals surface area contributed by atoms with E-state index in [9.17, 15) is 0 Å². The minimum Gasteiger partial charge on any atom is -0.378 e. The molecule has 6 heteroatoms. The fourth-order valence-electron chi connectivity index (χ4n) is 1.76. The molecule has 1 aromatic heterocycles. The summed E-state index contributed by atoms with van der Waals surface area (Å²) in [6, 6.07) is 0.297. The quantitative estimate of drug-likeness (QED) is 0.762. The van der Waals surface area contributed by atoms with Crippen LogP contribution in [0.2, 0.25) is 0 Å². The Kier molecular flexibility index (Phi) is 4.47. The predicted molar refractivity (Wildman–Crippen MR) is 62.9 cm³/mol. The highest BCUT2D eigenvalue weighted by Gasteiger charge is 2.17. The van der Waals surface area contributed by atoms with Crippen molar-refractivity contribution in [3.05, 3.63) is 11.7 Å². The summed E-state index contributed by atoms with van der Waals surface area (Å²) < 4.78 is 10.6. The second-order valence-electron chi connectivity index (χ2n) is 4.59. The van der Waals surface area contributed by atoms with E-state index >= 15 is 0 Å². The zero-order valence-electron chi connectivity index (χ0n) is 10.5. The lowest BCUT2D eigenvalue weighted by Crippen LogP contribution is -2.42. The van der Waals surface area contributed by atoms with E-state index < -0.39 is 0 Å². The number of ether oxygens (including phenoxy) is 1. The maximum absolute atomic E-state index is 5.38. The SMILES string of the molecule is CN(C)CCc1noc(CC2COCCN2)n1. The molecule has 1 aromatic rings. The van der Waals surface area contributed by atoms with Crippen molar-refractivity contribution in [3.8, 4) is 0 Å². The Morgan fingerprint density at radius 1 is 1.47 bits per heavy atom. The molecule has 6 nitrogen and oxygen atoms in total. The molecule has 0 aliphatic carbocycles. The summed E-state index contributed by atoms with van der Waals surface area (Å²) in [7, 11) is 4.06. The van der Waals surface area contributed by atoms with Crippen LogP contribution in [-0.4, -0.2) is 61.5 Å². The van der Waals surface area contributed by atoms with Crippen LogP contribution in [0, 0.1) is 0 Å². The lowest BCUT2D eigenvalue weighted by atomic mass is 10.2. The van der Waals surface area contributed by atoms with Crippen LogP contribution >= 0.6 is 0 Å². The molecular formula is C11H20N4O2. The van der Waals surface area contributed by atoms with Crippen molar-refractivity contribution >= 4 is 0 Å². The molecule has 17 heavy (non-hydrogen) atoms. The first-order valence-corrected chi connectivity index (χ1v) is 6.01. The third kappa shape index (κ3) is 4.07. The fourth-order valence-corrected chi connectivity index (χ4v) is 1.76. The first kappa shape index (κ1) is 12.5. The molecule has 96 valence electrons. The molecule has 0 spiro atoms. The Bertz CT molecular complexity index is 334. The Hall–Kier alpha value is -0.980. The molecule has 1 unspecified atom stereocenters. The summed E-state index contributed by atoms with van der Waals surface area (Å²) >= 11 is 0. The van der Waals surface area contributed by atoms with Gasteiger partial charge < -0.3 is 19.5 Å². The number of nitrogens with one attached hydrogen (secondary N) is 1. The maximum atomic E-state index is 5.38. The first-order chi connectivity index (χ1) is 8.24. The number of likely N-dealkylation sites (N-methyl/N-ethyl adjacent to an activating group) is 1. The number of aromatic nitrogens is 2. The Labute approximate surface area is 101 Å². The van der Waals surface area contributed by atoms with Crippen molar-refractivity contribution in [3.63, 3.8) is 0 Å². The average Bonchev–Trinajstić information content (AvgIpc) is 2.75. The number of hydrogen-bond acceptors (Lipinski definition) is 6. The van der Waals surface area contributed by atoms with Gasteiger partial charge in [0, 0.05) is 32.0 Å². The van der Waals surface area contributed by atoms with Crippen LogP contribution < -0.4 is 5.32 Å². The molecule has 0 aromatic carbocycles. The summed E-state index contributed by atoms with van der Waals surface area (Å²) in [4.78, 5) is 6.48. The van der Waals surface area contributed by atoms with Gasteiger partial charge in [0.25, 0.3) is 0 Å². The zero-order chi connectivity index (χ0) is 12.1. The zero-order valence-corrected chi connectivity index (χ0v) is 10.5. The lowest BCUT2D eigenvalue weighted by Gasteiger charge is -2.22. The van der Waals surface area contributed by atoms with Gasteiger partial charge in [-0.2, -0.15) is 4.98 Å². The van der Waals surface area contributed by atoms with Crippen LogP contribution in [0.25, 0.3) is 0 Å². The van der Waals surface area contributed by atoms with Crippen LogP contribution in [0.3, 0.4) is 0 Å². The van der Waals surface area contributed by atoms with E-state index in [0.717, 1.165) is 45.0 Å². The van der Waals surface area contributed by atoms with Crippen LogP contribution in [-0.2, 0) is 17.6 Å². The lowest BCUT2D eigenvalue weighted by molar-refractivity contribution is 0.0744. The fraction of sp³-hybridized carbons (Fsp3) is 0.818. The summed E-state index contributed by atoms with van der Waals surface area (Å²) in [6.45, 7) is 3.33. The molecule has 0 amide bonds. The average molecular weight is 240 g/mol. The molecule has 1 aliphatic rings. The van der Waals surface area contributed by atoms with Crippen molar-refractivity contribution in [1.82, 2.24) is 20.4 Å². The number of nitrogens with zero attached hydrogens (tertiary/aromatic N) is 3. The Morgan fingerprint density at radius 3 is 3.06 bits per heavy atom. The van der Waals surface area contributed by atoms with Crippen molar-refractivity contribution in [2.45, 2.75) is 18.9 Å². The summed E-state index contributed by atoms with van der Waals surface area (Å²) in [5, 5.41) is 7.34. The van der Waals surface area contributed by atoms with Gasteiger partial charge in [-0.25, -0.2) is 0 Å². The van der Waals surface area contributed by atoms with Gasteiger partial charge in [-0.15, -0.1) is 0 Å². The first-order valence-electron chi connectivity index (χ1n) is 6.01. The van der Waals surface area contributed by atoms with Gasteiger partial charge >= 0.3 is 0 Å².